The Hall–Kier alpha value is -2.77. The predicted molar refractivity (Wildman–Crippen MR) is 114 cm³/mol. The van der Waals surface area contributed by atoms with Crippen molar-refractivity contribution in [1.29, 1.82) is 0 Å². The van der Waals surface area contributed by atoms with Crippen molar-refractivity contribution in [3.05, 3.63) is 52.9 Å². The molecule has 0 saturated heterocycles. The van der Waals surface area contributed by atoms with E-state index in [2.05, 4.69) is 22.3 Å². The molecule has 0 aliphatic rings. The third kappa shape index (κ3) is 4.37. The topological polar surface area (TPSA) is 60.7 Å². The summed E-state index contributed by atoms with van der Waals surface area (Å²) in [6.45, 7) is 4.36. The van der Waals surface area contributed by atoms with E-state index in [1.165, 1.54) is 0 Å². The van der Waals surface area contributed by atoms with E-state index < -0.39 is 0 Å². The van der Waals surface area contributed by atoms with Crippen LogP contribution in [0.5, 0.6) is 0 Å². The molecule has 1 N–H and O–H groups in total. The first kappa shape index (κ1) is 20.0. The zero-order valence-corrected chi connectivity index (χ0v) is 16.9. The Kier molecular flexibility index (Phi) is 6.38. The summed E-state index contributed by atoms with van der Waals surface area (Å²) in [5.74, 6) is 0. The molecule has 0 fully saturated rings. The van der Waals surface area contributed by atoms with Gasteiger partial charge in [0.05, 0.1) is 17.6 Å². The lowest BCUT2D eigenvalue weighted by atomic mass is 10.2. The maximum absolute atomic E-state index is 12.1. The number of rotatable bonds is 9. The van der Waals surface area contributed by atoms with Crippen LogP contribution < -0.4 is 15.9 Å². The predicted octanol–water partition coefficient (Wildman–Crippen LogP) is 3.07. The van der Waals surface area contributed by atoms with Gasteiger partial charge in [-0.15, -0.1) is 0 Å². The summed E-state index contributed by atoms with van der Waals surface area (Å²) in [4.78, 5) is 14.2. The van der Waals surface area contributed by atoms with Crippen molar-refractivity contribution >= 4 is 28.1 Å². The van der Waals surface area contributed by atoms with Crippen molar-refractivity contribution in [2.75, 3.05) is 43.8 Å². The molecule has 3 rings (SSSR count). The molecule has 1 aromatic heterocycles. The maximum Gasteiger partial charge on any atom is 0.328 e. The molecule has 0 atom stereocenters. The van der Waals surface area contributed by atoms with Crippen LogP contribution in [-0.4, -0.2) is 42.7 Å². The first-order chi connectivity index (χ1) is 13.5. The SMILES string of the molecule is CCOCOCCN(C)c1ccc(Nc2ccc3c(c2)n(C)c(=O)n3C)cc1. The summed E-state index contributed by atoms with van der Waals surface area (Å²) in [5.41, 5.74) is 4.85. The Morgan fingerprint density at radius 1 is 0.964 bits per heavy atom. The molecule has 7 nitrogen and oxygen atoms in total. The minimum Gasteiger partial charge on any atom is -0.372 e. The second kappa shape index (κ2) is 8.95. The fourth-order valence-corrected chi connectivity index (χ4v) is 3.08. The van der Waals surface area contributed by atoms with Gasteiger partial charge in [0.15, 0.2) is 0 Å². The summed E-state index contributed by atoms with van der Waals surface area (Å²) < 4.78 is 13.9. The highest BCUT2D eigenvalue weighted by molar-refractivity contribution is 5.81. The van der Waals surface area contributed by atoms with Crippen molar-refractivity contribution in [3.63, 3.8) is 0 Å². The molecule has 1 heterocycles. The van der Waals surface area contributed by atoms with E-state index in [-0.39, 0.29) is 5.69 Å². The highest BCUT2D eigenvalue weighted by Crippen LogP contribution is 2.23. The van der Waals surface area contributed by atoms with Gasteiger partial charge in [0.1, 0.15) is 6.79 Å². The van der Waals surface area contributed by atoms with Crippen LogP contribution in [0.2, 0.25) is 0 Å². The Balaban J connectivity index is 1.63. The van der Waals surface area contributed by atoms with Crippen molar-refractivity contribution in [2.45, 2.75) is 6.92 Å². The van der Waals surface area contributed by atoms with Crippen molar-refractivity contribution in [1.82, 2.24) is 9.13 Å². The second-order valence-corrected chi connectivity index (χ2v) is 6.72. The molecule has 150 valence electrons. The number of ether oxygens (including phenoxy) is 2. The summed E-state index contributed by atoms with van der Waals surface area (Å²) >= 11 is 0. The Bertz CT molecular complexity index is 976. The van der Waals surface area contributed by atoms with Gasteiger partial charge in [-0.3, -0.25) is 9.13 Å². The van der Waals surface area contributed by atoms with E-state index in [4.69, 9.17) is 9.47 Å². The van der Waals surface area contributed by atoms with E-state index in [0.29, 0.717) is 20.0 Å². The molecule has 2 aromatic carbocycles. The summed E-state index contributed by atoms with van der Waals surface area (Å²) in [6.07, 6.45) is 0. The number of imidazole rings is 1. The fourth-order valence-electron chi connectivity index (χ4n) is 3.08. The summed E-state index contributed by atoms with van der Waals surface area (Å²) in [6, 6.07) is 14.2. The number of hydrogen-bond acceptors (Lipinski definition) is 5. The van der Waals surface area contributed by atoms with Gasteiger partial charge in [-0.2, -0.15) is 0 Å². The standard InChI is InChI=1S/C21H28N4O3/c1-5-27-15-28-13-12-23(2)18-9-6-16(7-10-18)22-17-8-11-19-20(14-17)25(4)21(26)24(19)3/h6-11,14,22H,5,12-13,15H2,1-4H3. The monoisotopic (exact) mass is 384 g/mol. The van der Waals surface area contributed by atoms with Crippen molar-refractivity contribution in [2.24, 2.45) is 14.1 Å². The lowest BCUT2D eigenvalue weighted by Gasteiger charge is -2.19. The van der Waals surface area contributed by atoms with Crippen LogP contribution >= 0.6 is 0 Å². The number of nitrogens with zero attached hydrogens (tertiary/aromatic N) is 3. The van der Waals surface area contributed by atoms with E-state index in [9.17, 15) is 4.79 Å². The average molecular weight is 384 g/mol. The molecule has 0 unspecified atom stereocenters. The minimum absolute atomic E-state index is 0.0234. The van der Waals surface area contributed by atoms with Gasteiger partial charge in [-0.1, -0.05) is 0 Å². The van der Waals surface area contributed by atoms with Crippen LogP contribution in [0.15, 0.2) is 47.3 Å². The molecule has 0 aliphatic heterocycles. The molecule has 7 heteroatoms. The highest BCUT2D eigenvalue weighted by atomic mass is 16.7. The summed E-state index contributed by atoms with van der Waals surface area (Å²) in [7, 11) is 5.61. The van der Waals surface area contributed by atoms with Gasteiger partial charge in [0, 0.05) is 51.4 Å². The number of aromatic nitrogens is 2. The van der Waals surface area contributed by atoms with Gasteiger partial charge in [0.2, 0.25) is 0 Å². The van der Waals surface area contributed by atoms with Crippen LogP contribution in [0.25, 0.3) is 11.0 Å². The first-order valence-corrected chi connectivity index (χ1v) is 9.40. The van der Waals surface area contributed by atoms with Gasteiger partial charge in [-0.05, 0) is 49.4 Å². The lowest BCUT2D eigenvalue weighted by molar-refractivity contribution is -0.0465. The minimum atomic E-state index is -0.0234. The van der Waals surface area contributed by atoms with E-state index in [0.717, 1.165) is 34.6 Å². The van der Waals surface area contributed by atoms with Gasteiger partial charge in [-0.25, -0.2) is 4.79 Å². The Morgan fingerprint density at radius 2 is 1.64 bits per heavy atom. The zero-order valence-electron chi connectivity index (χ0n) is 16.9. The Morgan fingerprint density at radius 3 is 2.36 bits per heavy atom. The normalized spacial score (nSPS) is 11.1. The molecular weight excluding hydrogens is 356 g/mol. The molecule has 0 saturated carbocycles. The Labute approximate surface area is 165 Å². The molecule has 3 aromatic rings. The van der Waals surface area contributed by atoms with Crippen LogP contribution in [0.3, 0.4) is 0 Å². The molecule has 28 heavy (non-hydrogen) atoms. The van der Waals surface area contributed by atoms with Crippen LogP contribution in [0.4, 0.5) is 17.1 Å². The molecular formula is C21H28N4O3. The number of anilines is 3. The van der Waals surface area contributed by atoms with Crippen LogP contribution in [-0.2, 0) is 23.6 Å². The number of aryl methyl sites for hydroxylation is 2. The van der Waals surface area contributed by atoms with Crippen LogP contribution in [0, 0.1) is 0 Å². The van der Waals surface area contributed by atoms with Crippen molar-refractivity contribution in [3.8, 4) is 0 Å². The largest absolute Gasteiger partial charge is 0.372 e. The smallest absolute Gasteiger partial charge is 0.328 e. The third-order valence-corrected chi connectivity index (χ3v) is 4.81. The zero-order chi connectivity index (χ0) is 20.1. The fraction of sp³-hybridized carbons (Fsp3) is 0.381. The number of nitrogens with one attached hydrogen (secondary N) is 1. The second-order valence-electron chi connectivity index (χ2n) is 6.72. The van der Waals surface area contributed by atoms with Crippen molar-refractivity contribution < 1.29 is 9.47 Å². The molecule has 0 spiro atoms. The molecule has 0 bridgehead atoms. The van der Waals surface area contributed by atoms with E-state index in [1.54, 1.807) is 23.2 Å². The molecule has 0 aliphatic carbocycles. The molecule has 0 amide bonds. The van der Waals surface area contributed by atoms with Crippen LogP contribution in [0.1, 0.15) is 6.92 Å². The van der Waals surface area contributed by atoms with Gasteiger partial charge >= 0.3 is 5.69 Å². The quantitative estimate of drug-likeness (QED) is 0.454. The molecule has 0 radical (unpaired) electrons. The number of fused-ring (bicyclic) bond motifs is 1. The van der Waals surface area contributed by atoms with Gasteiger partial charge < -0.3 is 19.7 Å². The van der Waals surface area contributed by atoms with E-state index >= 15 is 0 Å². The lowest BCUT2D eigenvalue weighted by Crippen LogP contribution is -2.22. The highest BCUT2D eigenvalue weighted by Gasteiger charge is 2.08. The number of hydrogen-bond donors (Lipinski definition) is 1. The van der Waals surface area contributed by atoms with E-state index in [1.807, 2.05) is 44.3 Å². The maximum atomic E-state index is 12.1. The van der Waals surface area contributed by atoms with Gasteiger partial charge in [0.25, 0.3) is 0 Å². The summed E-state index contributed by atoms with van der Waals surface area (Å²) in [5, 5.41) is 3.40. The third-order valence-electron chi connectivity index (χ3n) is 4.81. The number of benzene rings is 2. The number of likely N-dealkylation sites (N-methyl/N-ethyl adjacent to an activating group) is 1. The average Bonchev–Trinajstić information content (AvgIpc) is 2.92. The first-order valence-electron chi connectivity index (χ1n) is 9.40.